The van der Waals surface area contributed by atoms with Gasteiger partial charge in [0.15, 0.2) is 0 Å². The molecule has 0 spiro atoms. The Bertz CT molecular complexity index is 203. The van der Waals surface area contributed by atoms with E-state index in [2.05, 4.69) is 10.5 Å². The van der Waals surface area contributed by atoms with Crippen molar-refractivity contribution in [1.82, 2.24) is 15.2 Å². The summed E-state index contributed by atoms with van der Waals surface area (Å²) in [5.41, 5.74) is 3.33. The van der Waals surface area contributed by atoms with Crippen LogP contribution in [0.15, 0.2) is 6.07 Å². The van der Waals surface area contributed by atoms with Crippen LogP contribution in [0.4, 0.5) is 0 Å². The molecule has 64 valence electrons. The Morgan fingerprint density at radius 2 is 2.45 bits per heavy atom. The molecule has 1 rings (SSSR count). The van der Waals surface area contributed by atoms with Crippen molar-refractivity contribution >= 4 is 24.0 Å². The summed E-state index contributed by atoms with van der Waals surface area (Å²) < 4.78 is 1.59. The van der Waals surface area contributed by atoms with Crippen LogP contribution in [0.3, 0.4) is 0 Å². The quantitative estimate of drug-likeness (QED) is 0.534. The van der Waals surface area contributed by atoms with Crippen LogP contribution in [-0.2, 0) is 13.6 Å². The lowest BCUT2D eigenvalue weighted by molar-refractivity contribution is 0.683. The third-order valence-electron chi connectivity index (χ3n) is 1.16. The van der Waals surface area contributed by atoms with E-state index in [0.717, 1.165) is 5.69 Å². The number of hydrazine groups is 1. The van der Waals surface area contributed by atoms with Gasteiger partial charge in [0.2, 0.25) is 0 Å². The van der Waals surface area contributed by atoms with E-state index in [1.807, 2.05) is 0 Å². The molecule has 0 aliphatic carbocycles. The average Bonchev–Trinajstić information content (AvgIpc) is 2.14. The van der Waals surface area contributed by atoms with Crippen molar-refractivity contribution in [3.05, 3.63) is 16.9 Å². The molecule has 0 amide bonds. The summed E-state index contributed by atoms with van der Waals surface area (Å²) in [6.45, 7) is 0.542. The summed E-state index contributed by atoms with van der Waals surface area (Å²) in [6, 6.07) is 1.77. The van der Waals surface area contributed by atoms with Crippen LogP contribution in [0.2, 0.25) is 5.15 Å². The zero-order chi connectivity index (χ0) is 7.56. The van der Waals surface area contributed by atoms with Crippen molar-refractivity contribution < 1.29 is 0 Å². The highest BCUT2D eigenvalue weighted by atomic mass is 35.5. The van der Waals surface area contributed by atoms with Gasteiger partial charge in [0.1, 0.15) is 5.15 Å². The van der Waals surface area contributed by atoms with Crippen LogP contribution in [0, 0.1) is 0 Å². The van der Waals surface area contributed by atoms with Gasteiger partial charge in [-0.2, -0.15) is 5.10 Å². The standard InChI is InChI=1S/C5H9ClN4.ClH/c1-10-5(6)2-4(9-10)3-8-7;/h2,8H,3,7H2,1H3;1H. The molecule has 0 unspecified atom stereocenters. The molecular formula is C5H10Cl2N4. The Labute approximate surface area is 76.1 Å². The van der Waals surface area contributed by atoms with Gasteiger partial charge in [-0.15, -0.1) is 12.4 Å². The van der Waals surface area contributed by atoms with Crippen molar-refractivity contribution in [2.24, 2.45) is 12.9 Å². The average molecular weight is 197 g/mol. The van der Waals surface area contributed by atoms with Gasteiger partial charge in [-0.1, -0.05) is 11.6 Å². The molecule has 1 aromatic heterocycles. The van der Waals surface area contributed by atoms with Crippen LogP contribution < -0.4 is 11.3 Å². The number of halogens is 2. The number of aryl methyl sites for hydroxylation is 1. The SMILES string of the molecule is Cl.Cn1nc(CNN)cc1Cl. The van der Waals surface area contributed by atoms with Crippen LogP contribution in [0.25, 0.3) is 0 Å². The summed E-state index contributed by atoms with van der Waals surface area (Å²) >= 11 is 5.70. The molecule has 6 heteroatoms. The minimum atomic E-state index is 0. The first kappa shape index (κ1) is 10.7. The molecule has 1 heterocycles. The molecule has 0 fully saturated rings. The van der Waals surface area contributed by atoms with Crippen LogP contribution in [0.5, 0.6) is 0 Å². The number of hydrogen-bond donors (Lipinski definition) is 2. The largest absolute Gasteiger partial charge is 0.271 e. The number of aromatic nitrogens is 2. The summed E-state index contributed by atoms with van der Waals surface area (Å²) in [6.07, 6.45) is 0. The maximum atomic E-state index is 5.70. The molecule has 0 saturated heterocycles. The van der Waals surface area contributed by atoms with E-state index >= 15 is 0 Å². The van der Waals surface area contributed by atoms with E-state index in [0.29, 0.717) is 11.7 Å². The molecule has 0 radical (unpaired) electrons. The van der Waals surface area contributed by atoms with Crippen LogP contribution in [0.1, 0.15) is 5.69 Å². The van der Waals surface area contributed by atoms with E-state index in [4.69, 9.17) is 17.4 Å². The number of rotatable bonds is 2. The van der Waals surface area contributed by atoms with Crippen molar-refractivity contribution in [2.45, 2.75) is 6.54 Å². The molecule has 0 atom stereocenters. The van der Waals surface area contributed by atoms with Crippen molar-refractivity contribution in [3.8, 4) is 0 Å². The maximum absolute atomic E-state index is 5.70. The number of hydrogen-bond acceptors (Lipinski definition) is 3. The molecule has 0 aromatic carbocycles. The van der Waals surface area contributed by atoms with Gasteiger partial charge < -0.3 is 0 Å². The fraction of sp³-hybridized carbons (Fsp3) is 0.400. The zero-order valence-electron chi connectivity index (χ0n) is 6.04. The highest BCUT2D eigenvalue weighted by molar-refractivity contribution is 6.29. The lowest BCUT2D eigenvalue weighted by Gasteiger charge is -1.90. The first-order valence-electron chi connectivity index (χ1n) is 2.86. The topological polar surface area (TPSA) is 55.9 Å². The van der Waals surface area contributed by atoms with Gasteiger partial charge in [0.25, 0.3) is 0 Å². The number of nitrogens with two attached hydrogens (primary N) is 1. The Kier molecular flexibility index (Phi) is 4.44. The number of nitrogens with one attached hydrogen (secondary N) is 1. The second-order valence-corrected chi connectivity index (χ2v) is 2.35. The zero-order valence-corrected chi connectivity index (χ0v) is 7.61. The van der Waals surface area contributed by atoms with Gasteiger partial charge in [-0.3, -0.25) is 16.0 Å². The summed E-state index contributed by atoms with van der Waals surface area (Å²) in [7, 11) is 1.78. The van der Waals surface area contributed by atoms with Gasteiger partial charge >= 0.3 is 0 Å². The normalized spacial score (nSPS) is 9.36. The second kappa shape index (κ2) is 4.56. The van der Waals surface area contributed by atoms with Crippen LogP contribution >= 0.6 is 24.0 Å². The first-order chi connectivity index (χ1) is 4.74. The summed E-state index contributed by atoms with van der Waals surface area (Å²) in [5.74, 6) is 5.08. The highest BCUT2D eigenvalue weighted by Gasteiger charge is 1.99. The Morgan fingerprint density at radius 3 is 2.82 bits per heavy atom. The fourth-order valence-corrected chi connectivity index (χ4v) is 0.855. The molecular weight excluding hydrogens is 187 g/mol. The summed E-state index contributed by atoms with van der Waals surface area (Å²) in [5, 5.41) is 4.66. The predicted molar refractivity (Wildman–Crippen MR) is 46.5 cm³/mol. The molecule has 11 heavy (non-hydrogen) atoms. The van der Waals surface area contributed by atoms with Crippen LogP contribution in [-0.4, -0.2) is 9.78 Å². The Morgan fingerprint density at radius 1 is 1.82 bits per heavy atom. The molecule has 0 aliphatic heterocycles. The van der Waals surface area contributed by atoms with Gasteiger partial charge in [0, 0.05) is 7.05 Å². The van der Waals surface area contributed by atoms with E-state index in [1.165, 1.54) is 0 Å². The smallest absolute Gasteiger partial charge is 0.127 e. The third kappa shape index (κ3) is 2.67. The molecule has 3 N–H and O–H groups in total. The minimum absolute atomic E-state index is 0. The number of nitrogens with zero attached hydrogens (tertiary/aromatic N) is 2. The molecule has 4 nitrogen and oxygen atoms in total. The third-order valence-corrected chi connectivity index (χ3v) is 1.51. The molecule has 0 aliphatic rings. The first-order valence-corrected chi connectivity index (χ1v) is 3.23. The van der Waals surface area contributed by atoms with E-state index in [9.17, 15) is 0 Å². The predicted octanol–water partition coefficient (Wildman–Crippen LogP) is 0.459. The molecule has 0 bridgehead atoms. The Balaban J connectivity index is 0.000001000. The Hall–Kier alpha value is -0.290. The van der Waals surface area contributed by atoms with Crippen molar-refractivity contribution in [3.63, 3.8) is 0 Å². The fourth-order valence-electron chi connectivity index (χ4n) is 0.691. The molecule has 1 aromatic rings. The molecule has 0 saturated carbocycles. The van der Waals surface area contributed by atoms with Crippen molar-refractivity contribution in [1.29, 1.82) is 0 Å². The maximum Gasteiger partial charge on any atom is 0.127 e. The van der Waals surface area contributed by atoms with E-state index in [1.54, 1.807) is 17.8 Å². The van der Waals surface area contributed by atoms with E-state index < -0.39 is 0 Å². The van der Waals surface area contributed by atoms with Gasteiger partial charge in [-0.05, 0) is 6.07 Å². The summed E-state index contributed by atoms with van der Waals surface area (Å²) in [4.78, 5) is 0. The lowest BCUT2D eigenvalue weighted by Crippen LogP contribution is -2.21. The highest BCUT2D eigenvalue weighted by Crippen LogP contribution is 2.07. The minimum Gasteiger partial charge on any atom is -0.271 e. The van der Waals surface area contributed by atoms with Crippen molar-refractivity contribution in [2.75, 3.05) is 0 Å². The van der Waals surface area contributed by atoms with Gasteiger partial charge in [0.05, 0.1) is 12.2 Å². The van der Waals surface area contributed by atoms with E-state index in [-0.39, 0.29) is 12.4 Å². The lowest BCUT2D eigenvalue weighted by atomic mass is 10.4. The monoisotopic (exact) mass is 196 g/mol. The second-order valence-electron chi connectivity index (χ2n) is 1.96. The van der Waals surface area contributed by atoms with Gasteiger partial charge in [-0.25, -0.2) is 0 Å².